The summed E-state index contributed by atoms with van der Waals surface area (Å²) in [5.74, 6) is 0.0775. The van der Waals surface area contributed by atoms with Crippen LogP contribution < -0.4 is 10.9 Å². The number of amides is 2. The summed E-state index contributed by atoms with van der Waals surface area (Å²) in [6, 6.07) is 13.7. The summed E-state index contributed by atoms with van der Waals surface area (Å²) in [4.78, 5) is 23.9. The lowest BCUT2D eigenvalue weighted by Gasteiger charge is -2.08. The Balaban J connectivity index is 1.96. The molecule has 2 aromatic carbocycles. The number of hydrazine groups is 1. The second-order valence-corrected chi connectivity index (χ2v) is 5.85. The van der Waals surface area contributed by atoms with Crippen molar-refractivity contribution in [1.82, 2.24) is 10.9 Å². The minimum Gasteiger partial charge on any atom is -0.267 e. The van der Waals surface area contributed by atoms with Gasteiger partial charge in [-0.3, -0.25) is 20.4 Å². The van der Waals surface area contributed by atoms with Crippen LogP contribution in [-0.2, 0) is 5.75 Å². The summed E-state index contributed by atoms with van der Waals surface area (Å²) in [6.07, 6.45) is 2.00. The van der Waals surface area contributed by atoms with Crippen LogP contribution in [0.4, 0.5) is 0 Å². The summed E-state index contributed by atoms with van der Waals surface area (Å²) in [5.41, 5.74) is 6.76. The van der Waals surface area contributed by atoms with Crippen LogP contribution in [-0.4, -0.2) is 18.1 Å². The van der Waals surface area contributed by atoms with Crippen LogP contribution in [0, 0.1) is 0 Å². The van der Waals surface area contributed by atoms with Gasteiger partial charge in [0.05, 0.1) is 0 Å². The predicted octanol–water partition coefficient (Wildman–Crippen LogP) is 3.28. The number of halogens is 1. The Hall–Kier alpha value is -1.98. The molecule has 0 atom stereocenters. The Bertz CT molecular complexity index is 674. The molecule has 2 aromatic rings. The van der Waals surface area contributed by atoms with E-state index in [1.165, 1.54) is 0 Å². The highest BCUT2D eigenvalue weighted by Crippen LogP contribution is 2.11. The molecule has 0 aromatic heterocycles. The molecular formula is C16H15ClN2O2S. The van der Waals surface area contributed by atoms with E-state index < -0.39 is 5.91 Å². The Kier molecular flexibility index (Phi) is 5.86. The average molecular weight is 335 g/mol. The third kappa shape index (κ3) is 4.51. The van der Waals surface area contributed by atoms with Gasteiger partial charge in [-0.05, 0) is 48.2 Å². The van der Waals surface area contributed by atoms with Crippen molar-refractivity contribution in [3.05, 3.63) is 70.2 Å². The van der Waals surface area contributed by atoms with Crippen molar-refractivity contribution < 1.29 is 9.59 Å². The fourth-order valence-corrected chi connectivity index (χ4v) is 2.47. The van der Waals surface area contributed by atoms with Crippen LogP contribution in [0.25, 0.3) is 0 Å². The van der Waals surface area contributed by atoms with Crippen molar-refractivity contribution in [1.29, 1.82) is 0 Å². The molecule has 22 heavy (non-hydrogen) atoms. The summed E-state index contributed by atoms with van der Waals surface area (Å²) in [6.45, 7) is 0. The van der Waals surface area contributed by atoms with Gasteiger partial charge in [-0.15, -0.1) is 0 Å². The molecule has 0 unspecified atom stereocenters. The summed E-state index contributed by atoms with van der Waals surface area (Å²) >= 11 is 7.44. The number of benzene rings is 2. The highest BCUT2D eigenvalue weighted by Gasteiger charge is 2.09. The monoisotopic (exact) mass is 334 g/mol. The van der Waals surface area contributed by atoms with E-state index in [0.29, 0.717) is 16.1 Å². The predicted molar refractivity (Wildman–Crippen MR) is 90.0 cm³/mol. The van der Waals surface area contributed by atoms with Gasteiger partial charge in [0, 0.05) is 21.9 Å². The zero-order valence-electron chi connectivity index (χ0n) is 11.9. The van der Waals surface area contributed by atoms with Crippen molar-refractivity contribution in [2.24, 2.45) is 0 Å². The molecular weight excluding hydrogens is 320 g/mol. The number of hydrogen-bond donors (Lipinski definition) is 2. The molecule has 2 amide bonds. The number of hydrogen-bond acceptors (Lipinski definition) is 3. The van der Waals surface area contributed by atoms with Crippen LogP contribution in [0.5, 0.6) is 0 Å². The van der Waals surface area contributed by atoms with E-state index in [-0.39, 0.29) is 5.91 Å². The average Bonchev–Trinajstić information content (AvgIpc) is 2.53. The van der Waals surface area contributed by atoms with E-state index in [9.17, 15) is 9.59 Å². The minimum absolute atomic E-state index is 0.356. The van der Waals surface area contributed by atoms with Gasteiger partial charge in [0.15, 0.2) is 0 Å². The fourth-order valence-electron chi connectivity index (χ4n) is 1.83. The maximum absolute atomic E-state index is 12.0. The van der Waals surface area contributed by atoms with Gasteiger partial charge in [-0.25, -0.2) is 0 Å². The van der Waals surface area contributed by atoms with E-state index in [0.717, 1.165) is 11.3 Å². The number of carbonyl (C=O) groups excluding carboxylic acids is 2. The lowest BCUT2D eigenvalue weighted by Crippen LogP contribution is -2.41. The Labute approximate surface area is 138 Å². The lowest BCUT2D eigenvalue weighted by atomic mass is 10.1. The van der Waals surface area contributed by atoms with Gasteiger partial charge >= 0.3 is 0 Å². The SMILES string of the molecule is CSCc1cccc(C(=O)NNC(=O)c2ccc(Cl)cc2)c1. The van der Waals surface area contributed by atoms with Crippen LogP contribution >= 0.6 is 23.4 Å². The van der Waals surface area contributed by atoms with Crippen molar-refractivity contribution in [2.45, 2.75) is 5.75 Å². The molecule has 2 rings (SSSR count). The van der Waals surface area contributed by atoms with Gasteiger partial charge in [-0.1, -0.05) is 23.7 Å². The smallest absolute Gasteiger partial charge is 0.267 e. The zero-order chi connectivity index (χ0) is 15.9. The highest BCUT2D eigenvalue weighted by molar-refractivity contribution is 7.97. The summed E-state index contributed by atoms with van der Waals surface area (Å²) in [5, 5.41) is 0.547. The minimum atomic E-state index is -0.398. The normalized spacial score (nSPS) is 10.1. The van der Waals surface area contributed by atoms with Gasteiger partial charge in [0.1, 0.15) is 0 Å². The third-order valence-corrected chi connectivity index (χ3v) is 3.77. The Morgan fingerprint density at radius 1 is 1.00 bits per heavy atom. The molecule has 0 fully saturated rings. The molecule has 0 aliphatic carbocycles. The second kappa shape index (κ2) is 7.87. The van der Waals surface area contributed by atoms with E-state index in [2.05, 4.69) is 10.9 Å². The van der Waals surface area contributed by atoms with Crippen LogP contribution in [0.3, 0.4) is 0 Å². The highest BCUT2D eigenvalue weighted by atomic mass is 35.5. The first kappa shape index (κ1) is 16.4. The molecule has 114 valence electrons. The van der Waals surface area contributed by atoms with Crippen molar-refractivity contribution in [3.8, 4) is 0 Å². The summed E-state index contributed by atoms with van der Waals surface area (Å²) in [7, 11) is 0. The fraction of sp³-hybridized carbons (Fsp3) is 0.125. The number of nitrogens with one attached hydrogen (secondary N) is 2. The Morgan fingerprint density at radius 2 is 1.64 bits per heavy atom. The van der Waals surface area contributed by atoms with Crippen molar-refractivity contribution in [2.75, 3.05) is 6.26 Å². The first-order valence-corrected chi connectivity index (χ1v) is 8.31. The molecule has 6 heteroatoms. The first-order valence-electron chi connectivity index (χ1n) is 6.54. The van der Waals surface area contributed by atoms with Gasteiger partial charge in [0.2, 0.25) is 0 Å². The van der Waals surface area contributed by atoms with Gasteiger partial charge < -0.3 is 0 Å². The molecule has 0 spiro atoms. The number of carbonyl (C=O) groups is 2. The topological polar surface area (TPSA) is 58.2 Å². The molecule has 0 aliphatic rings. The second-order valence-electron chi connectivity index (χ2n) is 4.55. The van der Waals surface area contributed by atoms with Crippen LogP contribution in [0.1, 0.15) is 26.3 Å². The van der Waals surface area contributed by atoms with E-state index in [1.54, 1.807) is 48.2 Å². The van der Waals surface area contributed by atoms with Crippen LogP contribution in [0.15, 0.2) is 48.5 Å². The molecule has 0 radical (unpaired) electrons. The molecule has 0 heterocycles. The molecule has 0 saturated heterocycles. The van der Waals surface area contributed by atoms with Gasteiger partial charge in [-0.2, -0.15) is 11.8 Å². The number of thioether (sulfide) groups is 1. The van der Waals surface area contributed by atoms with Crippen molar-refractivity contribution in [3.63, 3.8) is 0 Å². The number of rotatable bonds is 4. The maximum Gasteiger partial charge on any atom is 0.269 e. The largest absolute Gasteiger partial charge is 0.269 e. The third-order valence-electron chi connectivity index (χ3n) is 2.90. The molecule has 2 N–H and O–H groups in total. The molecule has 0 saturated carbocycles. The van der Waals surface area contributed by atoms with Crippen molar-refractivity contribution >= 4 is 35.2 Å². The maximum atomic E-state index is 12.0. The first-order chi connectivity index (χ1) is 10.6. The quantitative estimate of drug-likeness (QED) is 0.844. The molecule has 4 nitrogen and oxygen atoms in total. The zero-order valence-corrected chi connectivity index (χ0v) is 13.5. The van der Waals surface area contributed by atoms with Crippen LogP contribution in [0.2, 0.25) is 5.02 Å². The molecule has 0 aliphatic heterocycles. The van der Waals surface area contributed by atoms with E-state index in [1.807, 2.05) is 18.4 Å². The van der Waals surface area contributed by atoms with E-state index >= 15 is 0 Å². The standard InChI is InChI=1S/C16H15ClN2O2S/c1-22-10-11-3-2-4-13(9-11)16(21)19-18-15(20)12-5-7-14(17)8-6-12/h2-9H,10H2,1H3,(H,18,20)(H,19,21). The molecule has 0 bridgehead atoms. The lowest BCUT2D eigenvalue weighted by molar-refractivity contribution is 0.0846. The van der Waals surface area contributed by atoms with E-state index in [4.69, 9.17) is 11.6 Å². The Morgan fingerprint density at radius 3 is 2.27 bits per heavy atom. The summed E-state index contributed by atoms with van der Waals surface area (Å²) < 4.78 is 0. The van der Waals surface area contributed by atoms with Gasteiger partial charge in [0.25, 0.3) is 11.8 Å².